The summed E-state index contributed by atoms with van der Waals surface area (Å²) in [5.41, 5.74) is 4.59. The fourth-order valence-electron chi connectivity index (χ4n) is 2.67. The van der Waals surface area contributed by atoms with Gasteiger partial charge in [0.1, 0.15) is 0 Å². The first-order chi connectivity index (χ1) is 9.15. The highest BCUT2D eigenvalue weighted by Gasteiger charge is 2.20. The summed E-state index contributed by atoms with van der Waals surface area (Å²) in [5, 5.41) is 4.20. The van der Waals surface area contributed by atoms with Gasteiger partial charge in [0.25, 0.3) is 0 Å². The molecule has 4 nitrogen and oxygen atoms in total. The Morgan fingerprint density at radius 2 is 2.16 bits per heavy atom. The topological polar surface area (TPSA) is 38.1 Å². The van der Waals surface area contributed by atoms with E-state index in [1.165, 1.54) is 5.56 Å². The van der Waals surface area contributed by atoms with E-state index in [2.05, 4.69) is 23.3 Å². The fraction of sp³-hybridized carbons (Fsp3) is 0.333. The van der Waals surface area contributed by atoms with E-state index in [0.717, 1.165) is 36.2 Å². The molecule has 1 aromatic carbocycles. The molecule has 2 aromatic rings. The molecule has 19 heavy (non-hydrogen) atoms. The van der Waals surface area contributed by atoms with Crippen LogP contribution in [0.3, 0.4) is 0 Å². The Morgan fingerprint density at radius 1 is 1.32 bits per heavy atom. The number of aromatic nitrogens is 2. The van der Waals surface area contributed by atoms with Crippen molar-refractivity contribution in [1.82, 2.24) is 9.78 Å². The molecule has 3 rings (SSSR count). The molecular weight excluding hydrogens is 238 g/mol. The van der Waals surface area contributed by atoms with Gasteiger partial charge in [0.05, 0.1) is 6.20 Å². The summed E-state index contributed by atoms with van der Waals surface area (Å²) in [6.07, 6.45) is 5.94. The lowest BCUT2D eigenvalue weighted by Crippen LogP contribution is -2.33. The Labute approximate surface area is 112 Å². The van der Waals surface area contributed by atoms with Crippen molar-refractivity contribution in [3.8, 4) is 11.1 Å². The zero-order valence-electron chi connectivity index (χ0n) is 11.3. The van der Waals surface area contributed by atoms with E-state index in [1.807, 2.05) is 24.3 Å². The summed E-state index contributed by atoms with van der Waals surface area (Å²) in [5.74, 6) is 0.120. The second-order valence-corrected chi connectivity index (χ2v) is 5.02. The summed E-state index contributed by atoms with van der Waals surface area (Å²) in [6, 6.07) is 6.30. The zero-order valence-corrected chi connectivity index (χ0v) is 11.3. The van der Waals surface area contributed by atoms with Gasteiger partial charge in [-0.2, -0.15) is 5.10 Å². The van der Waals surface area contributed by atoms with Crippen molar-refractivity contribution < 1.29 is 4.79 Å². The lowest BCUT2D eigenvalue weighted by molar-refractivity contribution is -0.116. The van der Waals surface area contributed by atoms with E-state index in [0.29, 0.717) is 0 Å². The van der Waals surface area contributed by atoms with Crippen LogP contribution in [0.4, 0.5) is 5.69 Å². The highest BCUT2D eigenvalue weighted by Crippen LogP contribution is 2.31. The second-order valence-electron chi connectivity index (χ2n) is 5.02. The van der Waals surface area contributed by atoms with E-state index < -0.39 is 0 Å². The predicted octanol–water partition coefficient (Wildman–Crippen LogP) is 2.39. The Morgan fingerprint density at radius 3 is 2.84 bits per heavy atom. The summed E-state index contributed by atoms with van der Waals surface area (Å²) in [6.45, 7) is 2.46. The maximum Gasteiger partial charge on any atom is 0.223 e. The summed E-state index contributed by atoms with van der Waals surface area (Å²) in [4.78, 5) is 13.5. The molecule has 0 fully saturated rings. The molecule has 0 unspecified atom stereocenters. The Balaban J connectivity index is 2.02. The molecular formula is C15H17N3O. The van der Waals surface area contributed by atoms with Gasteiger partial charge in [0.15, 0.2) is 0 Å². The lowest BCUT2D eigenvalue weighted by Gasteiger charge is -2.28. The number of fused-ring (bicyclic) bond motifs is 1. The highest BCUT2D eigenvalue weighted by atomic mass is 16.2. The van der Waals surface area contributed by atoms with Crippen LogP contribution in [0.15, 0.2) is 30.6 Å². The van der Waals surface area contributed by atoms with Gasteiger partial charge in [-0.25, -0.2) is 0 Å². The normalized spacial score (nSPS) is 14.3. The van der Waals surface area contributed by atoms with Gasteiger partial charge in [-0.15, -0.1) is 0 Å². The monoisotopic (exact) mass is 255 g/mol. The average Bonchev–Trinajstić information content (AvgIpc) is 2.84. The standard InChI is InChI=1S/C15H17N3O/c1-11(19)18-7-3-4-13-8-12(5-6-15(13)18)14-9-16-17(2)10-14/h5-6,8-10H,3-4,7H2,1-2H3. The third kappa shape index (κ3) is 2.14. The number of hydrogen-bond donors (Lipinski definition) is 0. The summed E-state index contributed by atoms with van der Waals surface area (Å²) < 4.78 is 1.80. The molecule has 0 saturated heterocycles. The molecule has 0 saturated carbocycles. The van der Waals surface area contributed by atoms with Crippen LogP contribution in [0.1, 0.15) is 18.9 Å². The van der Waals surface area contributed by atoms with Crippen LogP contribution in [-0.4, -0.2) is 22.2 Å². The molecule has 0 spiro atoms. The summed E-state index contributed by atoms with van der Waals surface area (Å²) in [7, 11) is 1.92. The average molecular weight is 255 g/mol. The third-order valence-corrected chi connectivity index (χ3v) is 3.62. The molecule has 1 aliphatic heterocycles. The number of nitrogens with zero attached hydrogens (tertiary/aromatic N) is 3. The van der Waals surface area contributed by atoms with E-state index in [4.69, 9.17) is 0 Å². The number of carbonyl (C=O) groups is 1. The van der Waals surface area contributed by atoms with E-state index >= 15 is 0 Å². The van der Waals surface area contributed by atoms with Gasteiger partial charge >= 0.3 is 0 Å². The number of benzene rings is 1. The van der Waals surface area contributed by atoms with Crippen LogP contribution in [0.25, 0.3) is 11.1 Å². The van der Waals surface area contributed by atoms with Crippen LogP contribution in [-0.2, 0) is 18.3 Å². The van der Waals surface area contributed by atoms with Gasteiger partial charge in [-0.05, 0) is 36.1 Å². The maximum atomic E-state index is 11.6. The number of carbonyl (C=O) groups excluding carboxylic acids is 1. The van der Waals surface area contributed by atoms with Crippen molar-refractivity contribution in [2.45, 2.75) is 19.8 Å². The molecule has 0 atom stereocenters. The number of aryl methyl sites for hydroxylation is 2. The van der Waals surface area contributed by atoms with Crippen molar-refractivity contribution in [2.75, 3.05) is 11.4 Å². The molecule has 98 valence electrons. The minimum absolute atomic E-state index is 0.120. The third-order valence-electron chi connectivity index (χ3n) is 3.62. The minimum Gasteiger partial charge on any atom is -0.312 e. The van der Waals surface area contributed by atoms with Gasteiger partial charge in [0.2, 0.25) is 5.91 Å². The Hall–Kier alpha value is -2.10. The SMILES string of the molecule is CC(=O)N1CCCc2cc(-c3cnn(C)c3)ccc21. The predicted molar refractivity (Wildman–Crippen MR) is 75.0 cm³/mol. The molecule has 0 bridgehead atoms. The van der Waals surface area contributed by atoms with Gasteiger partial charge in [-0.1, -0.05) is 6.07 Å². The Kier molecular flexibility index (Phi) is 2.85. The maximum absolute atomic E-state index is 11.6. The molecule has 0 N–H and O–H groups in total. The molecule has 0 radical (unpaired) electrons. The highest BCUT2D eigenvalue weighted by molar-refractivity contribution is 5.93. The first kappa shape index (κ1) is 12.0. The van der Waals surface area contributed by atoms with Crippen molar-refractivity contribution in [2.24, 2.45) is 7.05 Å². The van der Waals surface area contributed by atoms with Gasteiger partial charge in [-0.3, -0.25) is 9.48 Å². The number of amides is 1. The van der Waals surface area contributed by atoms with Crippen LogP contribution in [0.2, 0.25) is 0 Å². The zero-order chi connectivity index (χ0) is 13.4. The second kappa shape index (κ2) is 4.53. The van der Waals surface area contributed by atoms with Crippen molar-refractivity contribution in [3.05, 3.63) is 36.2 Å². The van der Waals surface area contributed by atoms with Crippen molar-refractivity contribution in [1.29, 1.82) is 0 Å². The largest absolute Gasteiger partial charge is 0.312 e. The first-order valence-electron chi connectivity index (χ1n) is 6.55. The summed E-state index contributed by atoms with van der Waals surface area (Å²) >= 11 is 0. The number of rotatable bonds is 1. The molecule has 2 heterocycles. The quantitative estimate of drug-likeness (QED) is 0.784. The van der Waals surface area contributed by atoms with Crippen molar-refractivity contribution >= 4 is 11.6 Å². The first-order valence-corrected chi connectivity index (χ1v) is 6.55. The minimum atomic E-state index is 0.120. The lowest BCUT2D eigenvalue weighted by atomic mass is 9.97. The molecule has 1 amide bonds. The van der Waals surface area contributed by atoms with E-state index in [9.17, 15) is 4.79 Å². The van der Waals surface area contributed by atoms with Crippen molar-refractivity contribution in [3.63, 3.8) is 0 Å². The van der Waals surface area contributed by atoms with E-state index in [1.54, 1.807) is 11.6 Å². The van der Waals surface area contributed by atoms with Crippen LogP contribution in [0.5, 0.6) is 0 Å². The smallest absolute Gasteiger partial charge is 0.223 e. The van der Waals surface area contributed by atoms with Crippen LogP contribution >= 0.6 is 0 Å². The molecule has 1 aromatic heterocycles. The van der Waals surface area contributed by atoms with Gasteiger partial charge in [0, 0.05) is 38.0 Å². The molecule has 1 aliphatic rings. The number of hydrogen-bond acceptors (Lipinski definition) is 2. The molecule has 0 aliphatic carbocycles. The Bertz CT molecular complexity index is 630. The number of anilines is 1. The fourth-order valence-corrected chi connectivity index (χ4v) is 2.67. The molecule has 4 heteroatoms. The van der Waals surface area contributed by atoms with Crippen LogP contribution in [0, 0.1) is 0 Å². The van der Waals surface area contributed by atoms with Crippen LogP contribution < -0.4 is 4.90 Å². The van der Waals surface area contributed by atoms with E-state index in [-0.39, 0.29) is 5.91 Å². The van der Waals surface area contributed by atoms with Gasteiger partial charge < -0.3 is 4.90 Å².